The first-order valence-corrected chi connectivity index (χ1v) is 7.23. The molecular formula is C10H20O5S. The van der Waals surface area contributed by atoms with E-state index in [9.17, 15) is 18.6 Å². The van der Waals surface area contributed by atoms with Crippen LogP contribution in [0.2, 0.25) is 0 Å². The number of sulfone groups is 1. The summed E-state index contributed by atoms with van der Waals surface area (Å²) in [5, 5.41) is 18.8. The zero-order chi connectivity index (χ0) is 12.2. The van der Waals surface area contributed by atoms with Crippen molar-refractivity contribution in [2.24, 2.45) is 11.3 Å². The number of aliphatic hydroxyl groups is 2. The Morgan fingerprint density at radius 3 is 2.38 bits per heavy atom. The summed E-state index contributed by atoms with van der Waals surface area (Å²) in [7, 11) is -1.44. The zero-order valence-corrected chi connectivity index (χ0v) is 10.4. The lowest BCUT2D eigenvalue weighted by Crippen LogP contribution is -2.39. The van der Waals surface area contributed by atoms with Crippen molar-refractivity contribution in [3.05, 3.63) is 0 Å². The molecule has 0 amide bonds. The van der Waals surface area contributed by atoms with Crippen molar-refractivity contribution in [2.45, 2.75) is 12.8 Å². The fourth-order valence-electron chi connectivity index (χ4n) is 2.25. The number of aliphatic hydroxyl groups excluding tert-OH is 2. The summed E-state index contributed by atoms with van der Waals surface area (Å²) in [6.45, 7) is 0.0117. The van der Waals surface area contributed by atoms with Gasteiger partial charge in [-0.15, -0.1) is 0 Å². The van der Waals surface area contributed by atoms with Crippen LogP contribution in [0.4, 0.5) is 0 Å². The fourth-order valence-corrected chi connectivity index (χ4v) is 4.20. The second kappa shape index (κ2) is 5.44. The fraction of sp³-hybridized carbons (Fsp3) is 1.00. The van der Waals surface area contributed by atoms with Gasteiger partial charge in [-0.25, -0.2) is 8.42 Å². The number of hydrogen-bond acceptors (Lipinski definition) is 5. The van der Waals surface area contributed by atoms with Gasteiger partial charge in [0.15, 0.2) is 9.84 Å². The molecule has 0 spiro atoms. The summed E-state index contributed by atoms with van der Waals surface area (Å²) >= 11 is 0. The Morgan fingerprint density at radius 2 is 2.00 bits per heavy atom. The molecule has 1 aliphatic rings. The minimum absolute atomic E-state index is 0.0673. The van der Waals surface area contributed by atoms with Gasteiger partial charge in [-0.3, -0.25) is 0 Å². The van der Waals surface area contributed by atoms with Gasteiger partial charge < -0.3 is 14.9 Å². The van der Waals surface area contributed by atoms with Crippen LogP contribution in [0.15, 0.2) is 0 Å². The molecule has 2 N–H and O–H groups in total. The maximum absolute atomic E-state index is 11.4. The van der Waals surface area contributed by atoms with Crippen LogP contribution in [-0.4, -0.2) is 57.1 Å². The third-order valence-electron chi connectivity index (χ3n) is 3.53. The van der Waals surface area contributed by atoms with E-state index in [1.807, 2.05) is 0 Å². The van der Waals surface area contributed by atoms with Gasteiger partial charge >= 0.3 is 0 Å². The quantitative estimate of drug-likeness (QED) is 0.661. The SMILES string of the molecule is COCCC(CO)(CO)C1CCS(=O)(=O)C1. The zero-order valence-electron chi connectivity index (χ0n) is 9.55. The summed E-state index contributed by atoms with van der Waals surface area (Å²) in [6, 6.07) is 0. The minimum atomic E-state index is -2.99. The molecule has 5 nitrogen and oxygen atoms in total. The first-order chi connectivity index (χ1) is 7.49. The van der Waals surface area contributed by atoms with Gasteiger partial charge in [0, 0.05) is 19.1 Å². The monoisotopic (exact) mass is 252 g/mol. The van der Waals surface area contributed by atoms with E-state index in [0.29, 0.717) is 19.4 Å². The number of rotatable bonds is 6. The van der Waals surface area contributed by atoms with Crippen LogP contribution < -0.4 is 0 Å². The summed E-state index contributed by atoms with van der Waals surface area (Å²) in [5.74, 6) is 0.0622. The average Bonchev–Trinajstić information content (AvgIpc) is 2.62. The van der Waals surface area contributed by atoms with Crippen molar-refractivity contribution in [1.82, 2.24) is 0 Å². The third-order valence-corrected chi connectivity index (χ3v) is 5.30. The molecule has 0 aromatic rings. The molecule has 16 heavy (non-hydrogen) atoms. The van der Waals surface area contributed by atoms with E-state index < -0.39 is 15.3 Å². The van der Waals surface area contributed by atoms with Crippen LogP contribution in [0.5, 0.6) is 0 Å². The highest BCUT2D eigenvalue weighted by molar-refractivity contribution is 7.91. The molecule has 1 fully saturated rings. The van der Waals surface area contributed by atoms with Crippen LogP contribution in [0.3, 0.4) is 0 Å². The minimum Gasteiger partial charge on any atom is -0.396 e. The van der Waals surface area contributed by atoms with Gasteiger partial charge in [0.25, 0.3) is 0 Å². The maximum atomic E-state index is 11.4. The highest BCUT2D eigenvalue weighted by atomic mass is 32.2. The van der Waals surface area contributed by atoms with Crippen molar-refractivity contribution in [1.29, 1.82) is 0 Å². The van der Waals surface area contributed by atoms with Gasteiger partial charge in [-0.2, -0.15) is 0 Å². The van der Waals surface area contributed by atoms with E-state index in [-0.39, 0.29) is 30.6 Å². The second-order valence-corrected chi connectivity index (χ2v) is 6.75. The lowest BCUT2D eigenvalue weighted by Gasteiger charge is -2.35. The molecule has 1 saturated heterocycles. The Morgan fingerprint density at radius 1 is 1.38 bits per heavy atom. The van der Waals surface area contributed by atoms with Crippen LogP contribution in [0, 0.1) is 11.3 Å². The van der Waals surface area contributed by atoms with Crippen molar-refractivity contribution >= 4 is 9.84 Å². The molecule has 1 unspecified atom stereocenters. The molecule has 1 rings (SSSR count). The number of ether oxygens (including phenoxy) is 1. The Bertz CT molecular complexity index is 307. The largest absolute Gasteiger partial charge is 0.396 e. The normalized spacial score (nSPS) is 24.8. The summed E-state index contributed by atoms with van der Waals surface area (Å²) in [5.41, 5.74) is -0.723. The maximum Gasteiger partial charge on any atom is 0.150 e. The van der Waals surface area contributed by atoms with Crippen LogP contribution in [0.1, 0.15) is 12.8 Å². The van der Waals surface area contributed by atoms with E-state index in [1.165, 1.54) is 0 Å². The molecule has 96 valence electrons. The molecule has 1 heterocycles. The van der Waals surface area contributed by atoms with Crippen LogP contribution in [-0.2, 0) is 14.6 Å². The smallest absolute Gasteiger partial charge is 0.150 e. The van der Waals surface area contributed by atoms with Gasteiger partial charge in [0.05, 0.1) is 24.7 Å². The van der Waals surface area contributed by atoms with Gasteiger partial charge in [0.1, 0.15) is 0 Å². The van der Waals surface area contributed by atoms with Crippen molar-refractivity contribution < 1.29 is 23.4 Å². The third kappa shape index (κ3) is 2.94. The molecule has 0 aliphatic carbocycles. The van der Waals surface area contributed by atoms with Gasteiger partial charge in [0.2, 0.25) is 0 Å². The summed E-state index contributed by atoms with van der Waals surface area (Å²) in [4.78, 5) is 0. The first-order valence-electron chi connectivity index (χ1n) is 5.41. The molecule has 1 atom stereocenters. The van der Waals surface area contributed by atoms with Crippen molar-refractivity contribution in [3.63, 3.8) is 0 Å². The number of methoxy groups -OCH3 is 1. The predicted molar refractivity (Wildman–Crippen MR) is 59.9 cm³/mol. The average molecular weight is 252 g/mol. The highest BCUT2D eigenvalue weighted by Crippen LogP contribution is 2.38. The van der Waals surface area contributed by atoms with Crippen LogP contribution in [0.25, 0.3) is 0 Å². The lowest BCUT2D eigenvalue weighted by atomic mass is 9.74. The number of hydrogen-bond donors (Lipinski definition) is 2. The summed E-state index contributed by atoms with van der Waals surface area (Å²) in [6.07, 6.45) is 1.00. The van der Waals surface area contributed by atoms with E-state index in [0.717, 1.165) is 0 Å². The molecule has 6 heteroatoms. The van der Waals surface area contributed by atoms with E-state index >= 15 is 0 Å². The van der Waals surface area contributed by atoms with Crippen molar-refractivity contribution in [3.8, 4) is 0 Å². The highest BCUT2D eigenvalue weighted by Gasteiger charge is 2.43. The van der Waals surface area contributed by atoms with Gasteiger partial charge in [-0.05, 0) is 18.8 Å². The Kier molecular flexibility index (Phi) is 4.73. The van der Waals surface area contributed by atoms with E-state index in [4.69, 9.17) is 4.74 Å². The Balaban J connectivity index is 2.77. The molecule has 0 aromatic heterocycles. The van der Waals surface area contributed by atoms with Crippen molar-refractivity contribution in [2.75, 3.05) is 38.4 Å². The summed E-state index contributed by atoms with van der Waals surface area (Å²) < 4.78 is 27.7. The van der Waals surface area contributed by atoms with Gasteiger partial charge in [-0.1, -0.05) is 0 Å². The molecule has 0 saturated carbocycles. The molecule has 0 aromatic carbocycles. The Hall–Kier alpha value is -0.170. The predicted octanol–water partition coefficient (Wildman–Crippen LogP) is -0.571. The molecule has 0 bridgehead atoms. The topological polar surface area (TPSA) is 83.8 Å². The lowest BCUT2D eigenvalue weighted by molar-refractivity contribution is -0.0121. The molecular weight excluding hydrogens is 232 g/mol. The van der Waals surface area contributed by atoms with Crippen LogP contribution >= 0.6 is 0 Å². The standard InChI is InChI=1S/C10H20O5S/c1-15-4-3-10(7-11,8-12)9-2-5-16(13,14)6-9/h9,11-12H,2-8H2,1H3. The van der Waals surface area contributed by atoms with E-state index in [2.05, 4.69) is 0 Å². The first kappa shape index (κ1) is 13.9. The Labute approximate surface area is 96.3 Å². The van der Waals surface area contributed by atoms with E-state index in [1.54, 1.807) is 7.11 Å². The molecule has 1 aliphatic heterocycles. The second-order valence-electron chi connectivity index (χ2n) is 4.52. The molecule has 0 radical (unpaired) electrons.